The number of nitro groups is 1. The maximum atomic E-state index is 12.0. The second kappa shape index (κ2) is 9.97. The Hall–Kier alpha value is -2.76. The Morgan fingerprint density at radius 3 is 2.61 bits per heavy atom. The number of hydrogen-bond donors (Lipinski definition) is 3. The van der Waals surface area contributed by atoms with Gasteiger partial charge in [-0.1, -0.05) is 39.7 Å². The minimum absolute atomic E-state index is 0.164. The summed E-state index contributed by atoms with van der Waals surface area (Å²) in [6.45, 7) is -0.374. The number of halogens is 2. The van der Waals surface area contributed by atoms with E-state index in [1.165, 1.54) is 24.3 Å². The number of amides is 2. The van der Waals surface area contributed by atoms with E-state index in [0.29, 0.717) is 10.8 Å². The third-order valence-electron chi connectivity index (χ3n) is 3.14. The fraction of sp³-hybridized carbons (Fsp3) is 0.0625. The predicted octanol–water partition coefficient (Wildman–Crippen LogP) is 2.73. The first-order valence-electron chi connectivity index (χ1n) is 7.49. The number of carbonyl (C=O) groups excluding carboxylic acids is 2. The molecule has 0 fully saturated rings. The van der Waals surface area contributed by atoms with Crippen LogP contribution in [0.4, 0.5) is 5.69 Å². The Balaban J connectivity index is 1.83. The Kier molecular flexibility index (Phi) is 7.67. The molecule has 0 aliphatic rings. The molecule has 9 nitrogen and oxygen atoms in total. The van der Waals surface area contributed by atoms with Crippen LogP contribution in [0.1, 0.15) is 10.4 Å². The summed E-state index contributed by atoms with van der Waals surface area (Å²) >= 11 is 14.1. The maximum Gasteiger partial charge on any atom is 0.282 e. The normalized spacial score (nSPS) is 9.93. The van der Waals surface area contributed by atoms with Gasteiger partial charge in [0, 0.05) is 10.5 Å². The lowest BCUT2D eigenvalue weighted by atomic mass is 10.2. The molecule has 2 aromatic rings. The van der Waals surface area contributed by atoms with E-state index in [1.54, 1.807) is 18.2 Å². The van der Waals surface area contributed by atoms with Crippen molar-refractivity contribution in [2.24, 2.45) is 0 Å². The van der Waals surface area contributed by atoms with Gasteiger partial charge in [0.25, 0.3) is 17.5 Å². The van der Waals surface area contributed by atoms with Crippen LogP contribution in [0.3, 0.4) is 0 Å². The van der Waals surface area contributed by atoms with Crippen molar-refractivity contribution in [1.82, 2.24) is 16.2 Å². The average molecular weight is 488 g/mol. The van der Waals surface area contributed by atoms with Gasteiger partial charge in [-0.2, -0.15) is 0 Å². The van der Waals surface area contributed by atoms with E-state index in [1.807, 2.05) is 0 Å². The van der Waals surface area contributed by atoms with Gasteiger partial charge in [0.15, 0.2) is 11.7 Å². The van der Waals surface area contributed by atoms with Gasteiger partial charge < -0.3 is 4.74 Å². The fourth-order valence-corrected chi connectivity index (χ4v) is 2.83. The van der Waals surface area contributed by atoms with Gasteiger partial charge in [0.1, 0.15) is 11.3 Å². The zero-order valence-electron chi connectivity index (χ0n) is 13.9. The zero-order valence-corrected chi connectivity index (χ0v) is 17.1. The Labute approximate surface area is 177 Å². The number of rotatable bonds is 5. The highest BCUT2D eigenvalue weighted by Crippen LogP contribution is 2.27. The monoisotopic (exact) mass is 486 g/mol. The lowest BCUT2D eigenvalue weighted by molar-refractivity contribution is -0.385. The van der Waals surface area contributed by atoms with Gasteiger partial charge in [-0.25, -0.2) is 0 Å². The summed E-state index contributed by atoms with van der Waals surface area (Å²) in [5.41, 5.74) is 3.93. The summed E-state index contributed by atoms with van der Waals surface area (Å²) in [5.74, 6) is -1.08. The van der Waals surface area contributed by atoms with Crippen LogP contribution in [0.15, 0.2) is 46.9 Å². The molecule has 0 atom stereocenters. The second-order valence-electron chi connectivity index (χ2n) is 5.09. The molecule has 0 bridgehead atoms. The Bertz CT molecular complexity index is 943. The van der Waals surface area contributed by atoms with Crippen molar-refractivity contribution in [3.8, 4) is 5.75 Å². The molecule has 0 spiro atoms. The topological polar surface area (TPSA) is 123 Å². The average Bonchev–Trinajstić information content (AvgIpc) is 2.65. The SMILES string of the molecule is O=C(COc1ccc(Br)cc1Cl)NC(=S)NNC(=O)c1ccccc1[N+](=O)[O-]. The van der Waals surface area contributed by atoms with Crippen LogP contribution >= 0.6 is 39.7 Å². The number of ether oxygens (including phenoxy) is 1. The number of nitrogens with one attached hydrogen (secondary N) is 3. The van der Waals surface area contributed by atoms with E-state index in [2.05, 4.69) is 32.1 Å². The summed E-state index contributed by atoms with van der Waals surface area (Å²) in [6.07, 6.45) is 0. The molecule has 146 valence electrons. The van der Waals surface area contributed by atoms with Crippen LogP contribution in [0.2, 0.25) is 5.02 Å². The van der Waals surface area contributed by atoms with Crippen molar-refractivity contribution < 1.29 is 19.2 Å². The van der Waals surface area contributed by atoms with E-state index >= 15 is 0 Å². The summed E-state index contributed by atoms with van der Waals surface area (Å²) in [7, 11) is 0. The Morgan fingerprint density at radius 1 is 1.21 bits per heavy atom. The molecule has 0 unspecified atom stereocenters. The standard InChI is InChI=1S/C16H12BrClN4O5S/c17-9-5-6-13(11(18)7-9)27-8-14(23)19-16(28)21-20-15(24)10-3-1-2-4-12(10)22(25)26/h1-7H,8H2,(H,20,24)(H2,19,21,23,28). The largest absolute Gasteiger partial charge is 0.482 e. The quantitative estimate of drug-likeness (QED) is 0.337. The lowest BCUT2D eigenvalue weighted by Crippen LogP contribution is -2.49. The molecule has 0 heterocycles. The highest BCUT2D eigenvalue weighted by molar-refractivity contribution is 9.10. The number of nitro benzene ring substituents is 1. The molecule has 0 aromatic heterocycles. The number of hydrazine groups is 1. The minimum Gasteiger partial charge on any atom is -0.482 e. The van der Waals surface area contributed by atoms with E-state index in [0.717, 1.165) is 4.47 Å². The van der Waals surface area contributed by atoms with Crippen molar-refractivity contribution in [2.75, 3.05) is 6.61 Å². The highest BCUT2D eigenvalue weighted by atomic mass is 79.9. The molecule has 0 saturated carbocycles. The van der Waals surface area contributed by atoms with Crippen LogP contribution in [-0.4, -0.2) is 28.5 Å². The summed E-state index contributed by atoms with van der Waals surface area (Å²) in [5, 5.41) is 13.3. The fourth-order valence-electron chi connectivity index (χ4n) is 1.94. The molecule has 0 saturated heterocycles. The predicted molar refractivity (Wildman–Crippen MR) is 109 cm³/mol. The number of carbonyl (C=O) groups is 2. The van der Waals surface area contributed by atoms with Crippen LogP contribution in [0.25, 0.3) is 0 Å². The molecule has 3 N–H and O–H groups in total. The molecule has 2 amide bonds. The Morgan fingerprint density at radius 2 is 1.93 bits per heavy atom. The first-order valence-corrected chi connectivity index (χ1v) is 9.07. The van der Waals surface area contributed by atoms with Crippen molar-refractivity contribution in [3.05, 3.63) is 67.6 Å². The molecular weight excluding hydrogens is 476 g/mol. The third-order valence-corrected chi connectivity index (χ3v) is 4.13. The van der Waals surface area contributed by atoms with Crippen LogP contribution in [-0.2, 0) is 4.79 Å². The lowest BCUT2D eigenvalue weighted by Gasteiger charge is -2.12. The number of para-hydroxylation sites is 1. The molecule has 0 aliphatic heterocycles. The van der Waals surface area contributed by atoms with Gasteiger partial charge in [0.05, 0.1) is 9.95 Å². The van der Waals surface area contributed by atoms with Gasteiger partial charge in [0.2, 0.25) is 0 Å². The second-order valence-corrected chi connectivity index (χ2v) is 6.83. The van der Waals surface area contributed by atoms with Crippen molar-refractivity contribution in [1.29, 1.82) is 0 Å². The maximum absolute atomic E-state index is 12.0. The first-order chi connectivity index (χ1) is 13.3. The van der Waals surface area contributed by atoms with Crippen molar-refractivity contribution >= 4 is 62.4 Å². The van der Waals surface area contributed by atoms with Crippen LogP contribution < -0.4 is 20.9 Å². The molecule has 12 heteroatoms. The zero-order chi connectivity index (χ0) is 20.7. The number of nitrogens with zero attached hydrogens (tertiary/aromatic N) is 1. The smallest absolute Gasteiger partial charge is 0.282 e. The van der Waals surface area contributed by atoms with E-state index in [4.69, 9.17) is 28.6 Å². The van der Waals surface area contributed by atoms with Gasteiger partial charge >= 0.3 is 0 Å². The third kappa shape index (κ3) is 6.15. The van der Waals surface area contributed by atoms with Gasteiger partial charge in [-0.3, -0.25) is 35.9 Å². The molecular formula is C16H12BrClN4O5S. The minimum atomic E-state index is -0.790. The van der Waals surface area contributed by atoms with Crippen LogP contribution in [0, 0.1) is 10.1 Å². The highest BCUT2D eigenvalue weighted by Gasteiger charge is 2.19. The van der Waals surface area contributed by atoms with Crippen LogP contribution in [0.5, 0.6) is 5.75 Å². The van der Waals surface area contributed by atoms with E-state index < -0.39 is 16.7 Å². The number of benzene rings is 2. The molecule has 2 rings (SSSR count). The summed E-state index contributed by atoms with van der Waals surface area (Å²) < 4.78 is 6.04. The number of hydrogen-bond acceptors (Lipinski definition) is 6. The molecule has 0 radical (unpaired) electrons. The van der Waals surface area contributed by atoms with Crippen molar-refractivity contribution in [3.63, 3.8) is 0 Å². The van der Waals surface area contributed by atoms with Crippen molar-refractivity contribution in [2.45, 2.75) is 0 Å². The van der Waals surface area contributed by atoms with E-state index in [9.17, 15) is 19.7 Å². The van der Waals surface area contributed by atoms with Gasteiger partial charge in [-0.05, 0) is 36.5 Å². The van der Waals surface area contributed by atoms with E-state index in [-0.39, 0.29) is 23.0 Å². The molecule has 0 aliphatic carbocycles. The summed E-state index contributed by atoms with van der Waals surface area (Å²) in [6, 6.07) is 10.3. The molecule has 28 heavy (non-hydrogen) atoms. The summed E-state index contributed by atoms with van der Waals surface area (Å²) in [4.78, 5) is 34.1. The first kappa shape index (κ1) is 21.5. The number of thiocarbonyl (C=S) groups is 1. The molecule has 2 aromatic carbocycles. The van der Waals surface area contributed by atoms with Gasteiger partial charge in [-0.15, -0.1) is 0 Å².